The van der Waals surface area contributed by atoms with Crippen molar-refractivity contribution in [3.63, 3.8) is 0 Å². The van der Waals surface area contributed by atoms with E-state index in [-0.39, 0.29) is 31.0 Å². The minimum atomic E-state index is -0.498. The van der Waals surface area contributed by atoms with Gasteiger partial charge in [0.1, 0.15) is 23.6 Å². The molecule has 11 heteroatoms. The normalized spacial score (nSPS) is 21.2. The average molecular weight is 627 g/mol. The largest absolute Gasteiger partial charge is 0.493 e. The molecule has 5 rings (SSSR count). The van der Waals surface area contributed by atoms with E-state index in [4.69, 9.17) is 37.4 Å². The van der Waals surface area contributed by atoms with E-state index in [0.29, 0.717) is 40.9 Å². The van der Waals surface area contributed by atoms with Gasteiger partial charge in [0.05, 0.1) is 19.2 Å². The number of amides is 2. The van der Waals surface area contributed by atoms with Gasteiger partial charge in [0.2, 0.25) is 5.91 Å². The zero-order valence-electron chi connectivity index (χ0n) is 23.8. The van der Waals surface area contributed by atoms with Gasteiger partial charge in [0.25, 0.3) is 0 Å². The van der Waals surface area contributed by atoms with Crippen molar-refractivity contribution in [1.29, 1.82) is 0 Å². The SMILES string of the molecule is CC(=O)NCC(CCOc1ccc([C@H]2C3=C(CCN2C(=O)Oc2ccc(Cl)cc2)C2C=C(Cl)C=CC2N3)cc1)OC(C)=O. The van der Waals surface area contributed by atoms with Crippen molar-refractivity contribution < 1.29 is 28.6 Å². The summed E-state index contributed by atoms with van der Waals surface area (Å²) in [5.41, 5.74) is 3.09. The highest BCUT2D eigenvalue weighted by Crippen LogP contribution is 2.45. The summed E-state index contributed by atoms with van der Waals surface area (Å²) in [5, 5.41) is 7.56. The number of hydrogen-bond acceptors (Lipinski definition) is 7. The third-order valence-corrected chi connectivity index (χ3v) is 8.04. The molecular weight excluding hydrogens is 593 g/mol. The molecule has 0 spiro atoms. The Morgan fingerprint density at radius 3 is 2.47 bits per heavy atom. The summed E-state index contributed by atoms with van der Waals surface area (Å²) in [6.07, 6.45) is 6.15. The summed E-state index contributed by atoms with van der Waals surface area (Å²) in [6, 6.07) is 13.9. The molecule has 3 aliphatic rings. The molecular formula is C32H33Cl2N3O6. The fourth-order valence-electron chi connectivity index (χ4n) is 5.59. The maximum Gasteiger partial charge on any atom is 0.416 e. The standard InChI is InChI=1S/C32H33Cl2N3O6/c1-19(38)35-18-26(42-20(2)39)14-16-41-24-8-3-21(4-9-24)31-30-27(28-17-23(34)7-12-29(28)36-30)13-15-37(31)32(40)43-25-10-5-22(33)6-11-25/h3-12,17,26,28-29,31,36H,13-16,18H2,1-2H3,(H,35,38)/t26?,28?,29?,31-/m0/s1. The van der Waals surface area contributed by atoms with E-state index < -0.39 is 24.2 Å². The van der Waals surface area contributed by atoms with Crippen LogP contribution in [-0.2, 0) is 14.3 Å². The Bertz CT molecular complexity index is 1450. The highest BCUT2D eigenvalue weighted by molar-refractivity contribution is 6.31. The van der Waals surface area contributed by atoms with Crippen molar-refractivity contribution >= 4 is 41.2 Å². The van der Waals surface area contributed by atoms with Crippen molar-refractivity contribution in [1.82, 2.24) is 15.5 Å². The molecule has 43 heavy (non-hydrogen) atoms. The Morgan fingerprint density at radius 2 is 1.77 bits per heavy atom. The molecule has 4 atom stereocenters. The molecule has 0 radical (unpaired) electrons. The predicted molar refractivity (Wildman–Crippen MR) is 163 cm³/mol. The molecule has 0 saturated heterocycles. The Balaban J connectivity index is 1.33. The molecule has 2 amide bonds. The summed E-state index contributed by atoms with van der Waals surface area (Å²) < 4.78 is 17.0. The number of nitrogens with one attached hydrogen (secondary N) is 2. The summed E-state index contributed by atoms with van der Waals surface area (Å²) in [7, 11) is 0. The molecule has 2 aromatic rings. The van der Waals surface area contributed by atoms with Crippen molar-refractivity contribution in [3.8, 4) is 11.5 Å². The number of hydrogen-bond donors (Lipinski definition) is 2. The maximum absolute atomic E-state index is 13.5. The third-order valence-electron chi connectivity index (χ3n) is 7.54. The molecule has 0 bridgehead atoms. The number of nitrogens with zero attached hydrogens (tertiary/aromatic N) is 1. The van der Waals surface area contributed by atoms with Crippen LogP contribution >= 0.6 is 23.2 Å². The topological polar surface area (TPSA) is 106 Å². The van der Waals surface area contributed by atoms with Crippen molar-refractivity contribution in [2.75, 3.05) is 19.7 Å². The van der Waals surface area contributed by atoms with Gasteiger partial charge in [-0.2, -0.15) is 0 Å². The number of halogens is 2. The molecule has 0 saturated carbocycles. The number of ether oxygens (including phenoxy) is 3. The second kappa shape index (κ2) is 13.6. The smallest absolute Gasteiger partial charge is 0.416 e. The van der Waals surface area contributed by atoms with Crippen molar-refractivity contribution in [3.05, 3.63) is 93.6 Å². The Hall–Kier alpha value is -3.95. The van der Waals surface area contributed by atoms with Crippen LogP contribution in [0.15, 0.2) is 83.1 Å². The molecule has 1 aliphatic carbocycles. The number of fused-ring (bicyclic) bond motifs is 2. The highest BCUT2D eigenvalue weighted by atomic mass is 35.5. The van der Waals surface area contributed by atoms with Gasteiger partial charge in [-0.1, -0.05) is 47.5 Å². The first-order valence-electron chi connectivity index (χ1n) is 14.1. The van der Waals surface area contributed by atoms with Crippen LogP contribution in [-0.4, -0.2) is 54.7 Å². The number of benzene rings is 2. The lowest BCUT2D eigenvalue weighted by molar-refractivity contribution is -0.147. The van der Waals surface area contributed by atoms with Gasteiger partial charge in [-0.05, 0) is 60.0 Å². The number of esters is 1. The van der Waals surface area contributed by atoms with Crippen LogP contribution in [0.25, 0.3) is 0 Å². The number of carbonyl (C=O) groups excluding carboxylic acids is 3. The fourth-order valence-corrected chi connectivity index (χ4v) is 5.92. The zero-order chi connectivity index (χ0) is 30.5. The lowest BCUT2D eigenvalue weighted by atomic mass is 9.85. The van der Waals surface area contributed by atoms with Crippen LogP contribution < -0.4 is 20.1 Å². The van der Waals surface area contributed by atoms with Crippen LogP contribution in [0.3, 0.4) is 0 Å². The minimum absolute atomic E-state index is 0.0625. The van der Waals surface area contributed by atoms with E-state index in [1.807, 2.05) is 30.3 Å². The van der Waals surface area contributed by atoms with Crippen molar-refractivity contribution in [2.24, 2.45) is 5.92 Å². The van der Waals surface area contributed by atoms with E-state index in [1.54, 1.807) is 29.2 Å². The Labute approximate surface area is 260 Å². The quantitative estimate of drug-likeness (QED) is 0.346. The minimum Gasteiger partial charge on any atom is -0.493 e. The molecule has 0 aromatic heterocycles. The van der Waals surface area contributed by atoms with Gasteiger partial charge in [-0.25, -0.2) is 4.79 Å². The molecule has 0 fully saturated rings. The second-order valence-electron chi connectivity index (χ2n) is 10.6. The molecule has 2 aromatic carbocycles. The van der Waals surface area contributed by atoms with Crippen LogP contribution in [0, 0.1) is 5.92 Å². The number of carbonyl (C=O) groups is 3. The van der Waals surface area contributed by atoms with Crippen molar-refractivity contribution in [2.45, 2.75) is 44.9 Å². The monoisotopic (exact) mass is 625 g/mol. The van der Waals surface area contributed by atoms with Gasteiger partial charge < -0.3 is 24.8 Å². The predicted octanol–water partition coefficient (Wildman–Crippen LogP) is 5.66. The van der Waals surface area contributed by atoms with Gasteiger partial charge in [-0.15, -0.1) is 0 Å². The van der Waals surface area contributed by atoms with E-state index in [1.165, 1.54) is 19.4 Å². The number of allylic oxidation sites excluding steroid dienone is 2. The summed E-state index contributed by atoms with van der Waals surface area (Å²) in [6.45, 7) is 3.70. The van der Waals surface area contributed by atoms with Gasteiger partial charge in [0, 0.05) is 48.5 Å². The van der Waals surface area contributed by atoms with Gasteiger partial charge in [-0.3, -0.25) is 14.5 Å². The Morgan fingerprint density at radius 1 is 1.05 bits per heavy atom. The van der Waals surface area contributed by atoms with Crippen LogP contribution in [0.5, 0.6) is 11.5 Å². The van der Waals surface area contributed by atoms with Crippen LogP contribution in [0.4, 0.5) is 4.79 Å². The molecule has 9 nitrogen and oxygen atoms in total. The van der Waals surface area contributed by atoms with Crippen LogP contribution in [0.1, 0.15) is 38.3 Å². The van der Waals surface area contributed by atoms with Crippen LogP contribution in [0.2, 0.25) is 5.02 Å². The highest BCUT2D eigenvalue weighted by Gasteiger charge is 2.43. The third kappa shape index (κ3) is 7.53. The maximum atomic E-state index is 13.5. The van der Waals surface area contributed by atoms with Gasteiger partial charge in [0.15, 0.2) is 0 Å². The molecule has 2 heterocycles. The van der Waals surface area contributed by atoms with E-state index in [2.05, 4.69) is 22.8 Å². The average Bonchev–Trinajstić information content (AvgIpc) is 3.34. The van der Waals surface area contributed by atoms with E-state index in [9.17, 15) is 14.4 Å². The second-order valence-corrected chi connectivity index (χ2v) is 11.5. The molecule has 3 unspecified atom stereocenters. The number of rotatable bonds is 9. The summed E-state index contributed by atoms with van der Waals surface area (Å²) >= 11 is 12.4. The first-order valence-corrected chi connectivity index (χ1v) is 14.9. The zero-order valence-corrected chi connectivity index (χ0v) is 25.4. The van der Waals surface area contributed by atoms with E-state index in [0.717, 1.165) is 11.3 Å². The fraction of sp³-hybridized carbons (Fsp3) is 0.344. The first kappa shape index (κ1) is 30.5. The van der Waals surface area contributed by atoms with E-state index >= 15 is 0 Å². The summed E-state index contributed by atoms with van der Waals surface area (Å²) in [4.78, 5) is 38.0. The molecule has 2 aliphatic heterocycles. The Kier molecular flexibility index (Phi) is 9.62. The molecule has 2 N–H and O–H groups in total. The molecule has 226 valence electrons. The summed E-state index contributed by atoms with van der Waals surface area (Å²) in [5.74, 6) is 0.527. The van der Waals surface area contributed by atoms with Gasteiger partial charge >= 0.3 is 12.1 Å². The first-order chi connectivity index (χ1) is 20.7. The lowest BCUT2D eigenvalue weighted by Crippen LogP contribution is -2.43. The lowest BCUT2D eigenvalue weighted by Gasteiger charge is -2.37.